The van der Waals surface area contributed by atoms with Crippen LogP contribution in [0.3, 0.4) is 0 Å². The topological polar surface area (TPSA) is 56.8 Å². The van der Waals surface area contributed by atoms with E-state index < -0.39 is 24.7 Å². The van der Waals surface area contributed by atoms with Gasteiger partial charge in [-0.15, -0.1) is 0 Å². The van der Waals surface area contributed by atoms with E-state index in [1.807, 2.05) is 0 Å². The van der Waals surface area contributed by atoms with Crippen LogP contribution in [0.5, 0.6) is 11.5 Å². The molecule has 0 spiro atoms. The van der Waals surface area contributed by atoms with Crippen LogP contribution >= 0.6 is 11.6 Å². The van der Waals surface area contributed by atoms with Gasteiger partial charge in [0.05, 0.1) is 25.3 Å². The Labute approximate surface area is 143 Å². The van der Waals surface area contributed by atoms with E-state index in [9.17, 15) is 18.0 Å². The van der Waals surface area contributed by atoms with E-state index in [4.69, 9.17) is 21.1 Å². The summed E-state index contributed by atoms with van der Waals surface area (Å²) in [5.74, 6) is 0.0941. The van der Waals surface area contributed by atoms with Crippen molar-refractivity contribution in [2.24, 2.45) is 0 Å². The van der Waals surface area contributed by atoms with E-state index in [0.717, 1.165) is 0 Å². The van der Waals surface area contributed by atoms with Gasteiger partial charge in [-0.3, -0.25) is 4.79 Å². The van der Waals surface area contributed by atoms with Gasteiger partial charge in [0.15, 0.2) is 11.5 Å². The van der Waals surface area contributed by atoms with Gasteiger partial charge in [-0.25, -0.2) is 0 Å². The van der Waals surface area contributed by atoms with Crippen LogP contribution in [0.25, 0.3) is 0 Å². The molecule has 1 atom stereocenters. The van der Waals surface area contributed by atoms with Crippen LogP contribution < -0.4 is 14.8 Å². The van der Waals surface area contributed by atoms with E-state index in [1.54, 1.807) is 6.92 Å². The molecular formula is C15H19ClF3NO4. The maximum Gasteiger partial charge on any atom is 0.411 e. The Kier molecular flexibility index (Phi) is 7.62. The second kappa shape index (κ2) is 8.98. The van der Waals surface area contributed by atoms with Crippen LogP contribution in [0.2, 0.25) is 5.02 Å². The molecule has 0 saturated carbocycles. The van der Waals surface area contributed by atoms with Gasteiger partial charge in [-0.2, -0.15) is 13.2 Å². The Morgan fingerprint density at radius 1 is 1.38 bits per heavy atom. The molecule has 1 rings (SSSR count). The molecule has 9 heteroatoms. The SMILES string of the molecule is CCOc1c(Cl)cc(C(=O)NC(C)COCC(F)(F)F)cc1OC. The van der Waals surface area contributed by atoms with Gasteiger partial charge in [-0.1, -0.05) is 11.6 Å². The molecule has 0 bridgehead atoms. The van der Waals surface area contributed by atoms with E-state index >= 15 is 0 Å². The third-order valence-corrected chi connectivity index (χ3v) is 3.07. The van der Waals surface area contributed by atoms with Crippen molar-refractivity contribution < 1.29 is 32.2 Å². The standard InChI is InChI=1S/C15H19ClF3NO4/c1-4-24-13-11(16)5-10(6-12(13)22-3)14(21)20-9(2)7-23-8-15(17,18)19/h5-6,9H,4,7-8H2,1-3H3,(H,20,21). The highest BCUT2D eigenvalue weighted by atomic mass is 35.5. The Balaban J connectivity index is 2.72. The zero-order valence-corrected chi connectivity index (χ0v) is 14.3. The molecule has 136 valence electrons. The molecule has 0 aliphatic heterocycles. The fourth-order valence-electron chi connectivity index (χ4n) is 1.84. The molecule has 1 amide bonds. The first-order valence-electron chi connectivity index (χ1n) is 7.13. The number of ether oxygens (including phenoxy) is 3. The molecular weight excluding hydrogens is 351 g/mol. The Morgan fingerprint density at radius 3 is 2.58 bits per heavy atom. The number of carbonyl (C=O) groups excluding carboxylic acids is 1. The van der Waals surface area contributed by atoms with Crippen LogP contribution in [0.4, 0.5) is 13.2 Å². The second-order valence-corrected chi connectivity index (χ2v) is 5.33. The number of amides is 1. The average Bonchev–Trinajstić information content (AvgIpc) is 2.47. The van der Waals surface area contributed by atoms with Crippen molar-refractivity contribution in [1.29, 1.82) is 0 Å². The summed E-state index contributed by atoms with van der Waals surface area (Å²) in [5, 5.41) is 2.72. The zero-order valence-electron chi connectivity index (χ0n) is 13.5. The zero-order chi connectivity index (χ0) is 18.3. The Morgan fingerprint density at radius 2 is 2.04 bits per heavy atom. The van der Waals surface area contributed by atoms with E-state index in [2.05, 4.69) is 10.1 Å². The Hall–Kier alpha value is -1.67. The lowest BCUT2D eigenvalue weighted by atomic mass is 10.1. The summed E-state index contributed by atoms with van der Waals surface area (Å²) in [6.07, 6.45) is -4.40. The minimum atomic E-state index is -4.40. The molecule has 5 nitrogen and oxygen atoms in total. The predicted molar refractivity (Wildman–Crippen MR) is 83.0 cm³/mol. The summed E-state index contributed by atoms with van der Waals surface area (Å²) in [6, 6.07) is 2.22. The van der Waals surface area contributed by atoms with Gasteiger partial charge in [0, 0.05) is 11.6 Å². The van der Waals surface area contributed by atoms with E-state index in [0.29, 0.717) is 12.4 Å². The minimum absolute atomic E-state index is 0.197. The molecule has 0 aliphatic carbocycles. The second-order valence-electron chi connectivity index (χ2n) is 4.93. The summed E-state index contributed by atoms with van der Waals surface area (Å²) in [4.78, 5) is 12.2. The molecule has 1 aromatic rings. The van der Waals surface area contributed by atoms with Crippen LogP contribution in [-0.4, -0.2) is 45.1 Å². The largest absolute Gasteiger partial charge is 0.493 e. The summed E-state index contributed by atoms with van der Waals surface area (Å²) in [5.41, 5.74) is 0.197. The van der Waals surface area contributed by atoms with Gasteiger partial charge in [0.2, 0.25) is 0 Å². The number of carbonyl (C=O) groups is 1. The lowest BCUT2D eigenvalue weighted by Crippen LogP contribution is -2.36. The first-order valence-corrected chi connectivity index (χ1v) is 7.51. The lowest BCUT2D eigenvalue weighted by molar-refractivity contribution is -0.174. The van der Waals surface area contributed by atoms with Crippen LogP contribution in [0, 0.1) is 0 Å². The minimum Gasteiger partial charge on any atom is -0.493 e. The monoisotopic (exact) mass is 369 g/mol. The number of benzene rings is 1. The molecule has 1 aromatic carbocycles. The summed E-state index contributed by atoms with van der Waals surface area (Å²) >= 11 is 6.07. The fraction of sp³-hybridized carbons (Fsp3) is 0.533. The summed E-state index contributed by atoms with van der Waals surface area (Å²) < 4.78 is 51.0. The normalized spacial score (nSPS) is 12.6. The van der Waals surface area contributed by atoms with Gasteiger partial charge in [0.1, 0.15) is 6.61 Å². The number of rotatable bonds is 8. The number of hydrogen-bond donors (Lipinski definition) is 1. The average molecular weight is 370 g/mol. The van der Waals surface area contributed by atoms with E-state index in [-0.39, 0.29) is 22.9 Å². The van der Waals surface area contributed by atoms with Gasteiger partial charge in [-0.05, 0) is 26.0 Å². The summed E-state index contributed by atoms with van der Waals surface area (Å²) in [7, 11) is 1.41. The molecule has 0 aliphatic rings. The predicted octanol–water partition coefficient (Wildman–Crippen LogP) is 3.44. The molecule has 1 N–H and O–H groups in total. The highest BCUT2D eigenvalue weighted by Crippen LogP contribution is 2.36. The molecule has 1 unspecified atom stereocenters. The maximum absolute atomic E-state index is 12.2. The molecule has 0 radical (unpaired) electrons. The quantitative estimate of drug-likeness (QED) is 0.762. The van der Waals surface area contributed by atoms with Crippen LogP contribution in [0.1, 0.15) is 24.2 Å². The number of methoxy groups -OCH3 is 1. The van der Waals surface area contributed by atoms with E-state index in [1.165, 1.54) is 26.2 Å². The third kappa shape index (κ3) is 6.45. The molecule has 0 fully saturated rings. The maximum atomic E-state index is 12.2. The van der Waals surface area contributed by atoms with Gasteiger partial charge >= 0.3 is 6.18 Å². The van der Waals surface area contributed by atoms with Gasteiger partial charge < -0.3 is 19.5 Å². The summed E-state index contributed by atoms with van der Waals surface area (Å²) in [6.45, 7) is 2.04. The lowest BCUT2D eigenvalue weighted by Gasteiger charge is -2.17. The Bertz CT molecular complexity index is 566. The van der Waals surface area contributed by atoms with Crippen LogP contribution in [0.15, 0.2) is 12.1 Å². The van der Waals surface area contributed by atoms with Crippen molar-refractivity contribution in [3.63, 3.8) is 0 Å². The van der Waals surface area contributed by atoms with Crippen molar-refractivity contribution in [2.45, 2.75) is 26.1 Å². The molecule has 0 saturated heterocycles. The first kappa shape index (κ1) is 20.4. The van der Waals surface area contributed by atoms with Crippen molar-refractivity contribution in [2.75, 3.05) is 26.9 Å². The number of alkyl halides is 3. The highest BCUT2D eigenvalue weighted by molar-refractivity contribution is 6.32. The third-order valence-electron chi connectivity index (χ3n) is 2.79. The van der Waals surface area contributed by atoms with Crippen molar-refractivity contribution in [1.82, 2.24) is 5.32 Å². The first-order chi connectivity index (χ1) is 11.2. The van der Waals surface area contributed by atoms with Crippen molar-refractivity contribution in [3.05, 3.63) is 22.7 Å². The number of hydrogen-bond acceptors (Lipinski definition) is 4. The smallest absolute Gasteiger partial charge is 0.411 e. The van der Waals surface area contributed by atoms with Crippen molar-refractivity contribution >= 4 is 17.5 Å². The number of halogens is 4. The fourth-order valence-corrected chi connectivity index (χ4v) is 2.10. The molecule has 24 heavy (non-hydrogen) atoms. The highest BCUT2D eigenvalue weighted by Gasteiger charge is 2.27. The molecule has 0 aromatic heterocycles. The van der Waals surface area contributed by atoms with Crippen LogP contribution in [-0.2, 0) is 4.74 Å². The molecule has 0 heterocycles. The van der Waals surface area contributed by atoms with Gasteiger partial charge in [0.25, 0.3) is 5.91 Å². The van der Waals surface area contributed by atoms with Crippen molar-refractivity contribution in [3.8, 4) is 11.5 Å². The number of nitrogens with one attached hydrogen (secondary N) is 1.